The maximum absolute atomic E-state index is 5.99. The van der Waals surface area contributed by atoms with Gasteiger partial charge in [-0.2, -0.15) is 0 Å². The van der Waals surface area contributed by atoms with Crippen molar-refractivity contribution in [2.24, 2.45) is 0 Å². The van der Waals surface area contributed by atoms with Crippen LogP contribution in [0.4, 0.5) is 0 Å². The number of alkyl halides is 1. The highest BCUT2D eigenvalue weighted by atomic mass is 35.5. The van der Waals surface area contributed by atoms with Crippen LogP contribution in [0.5, 0.6) is 11.5 Å². The van der Waals surface area contributed by atoms with Crippen LogP contribution < -0.4 is 9.47 Å². The minimum atomic E-state index is -0.143. The van der Waals surface area contributed by atoms with Crippen molar-refractivity contribution < 1.29 is 9.47 Å². The van der Waals surface area contributed by atoms with Crippen LogP contribution in [0, 0.1) is 6.92 Å². The maximum Gasteiger partial charge on any atom is 0.161 e. The SMILES string of the molecule is COc1cc(C)c(Cn2cc(C(C)Cl)nn2)cc1OC. The maximum atomic E-state index is 5.99. The van der Waals surface area contributed by atoms with Gasteiger partial charge in [-0.25, -0.2) is 4.68 Å². The van der Waals surface area contributed by atoms with Crippen LogP contribution in [0.3, 0.4) is 0 Å². The first-order chi connectivity index (χ1) is 9.55. The Kier molecular flexibility index (Phi) is 4.49. The van der Waals surface area contributed by atoms with E-state index in [1.54, 1.807) is 18.9 Å². The van der Waals surface area contributed by atoms with E-state index in [9.17, 15) is 0 Å². The molecule has 0 saturated heterocycles. The lowest BCUT2D eigenvalue weighted by Crippen LogP contribution is -2.03. The van der Waals surface area contributed by atoms with Gasteiger partial charge in [0.15, 0.2) is 11.5 Å². The molecule has 0 aliphatic rings. The molecular weight excluding hydrogens is 278 g/mol. The van der Waals surface area contributed by atoms with Crippen molar-refractivity contribution in [1.82, 2.24) is 15.0 Å². The molecule has 0 radical (unpaired) electrons. The van der Waals surface area contributed by atoms with Crippen molar-refractivity contribution in [3.8, 4) is 11.5 Å². The fourth-order valence-electron chi connectivity index (χ4n) is 1.94. The molecule has 0 N–H and O–H groups in total. The normalized spacial score (nSPS) is 12.2. The van der Waals surface area contributed by atoms with E-state index in [0.29, 0.717) is 12.3 Å². The second-order valence-electron chi connectivity index (χ2n) is 4.59. The second-order valence-corrected chi connectivity index (χ2v) is 5.25. The molecule has 5 nitrogen and oxygen atoms in total. The minimum absolute atomic E-state index is 0.143. The third-order valence-electron chi connectivity index (χ3n) is 3.14. The molecule has 0 fully saturated rings. The summed E-state index contributed by atoms with van der Waals surface area (Å²) in [5.41, 5.74) is 2.98. The summed E-state index contributed by atoms with van der Waals surface area (Å²) in [4.78, 5) is 0. The van der Waals surface area contributed by atoms with E-state index < -0.39 is 0 Å². The number of hydrogen-bond acceptors (Lipinski definition) is 4. The molecule has 0 amide bonds. The van der Waals surface area contributed by atoms with Crippen molar-refractivity contribution in [3.05, 3.63) is 35.2 Å². The molecule has 6 heteroatoms. The van der Waals surface area contributed by atoms with Gasteiger partial charge in [0, 0.05) is 0 Å². The van der Waals surface area contributed by atoms with Crippen molar-refractivity contribution in [2.75, 3.05) is 14.2 Å². The number of hydrogen-bond donors (Lipinski definition) is 0. The van der Waals surface area contributed by atoms with E-state index in [-0.39, 0.29) is 5.38 Å². The molecule has 1 heterocycles. The van der Waals surface area contributed by atoms with Crippen LogP contribution in [0.2, 0.25) is 0 Å². The van der Waals surface area contributed by atoms with Gasteiger partial charge in [0.25, 0.3) is 0 Å². The zero-order valence-corrected chi connectivity index (χ0v) is 12.8. The first-order valence-electron chi connectivity index (χ1n) is 6.30. The molecule has 0 aliphatic heterocycles. The predicted octanol–water partition coefficient (Wildman–Crippen LogP) is 2.95. The summed E-state index contributed by atoms with van der Waals surface area (Å²) in [5, 5.41) is 7.98. The van der Waals surface area contributed by atoms with Gasteiger partial charge in [-0.05, 0) is 37.1 Å². The van der Waals surface area contributed by atoms with E-state index in [2.05, 4.69) is 10.3 Å². The zero-order chi connectivity index (χ0) is 14.7. The van der Waals surface area contributed by atoms with Crippen molar-refractivity contribution >= 4 is 11.6 Å². The molecule has 0 aliphatic carbocycles. The van der Waals surface area contributed by atoms with Gasteiger partial charge in [-0.3, -0.25) is 0 Å². The Morgan fingerprint density at radius 1 is 1.25 bits per heavy atom. The summed E-state index contributed by atoms with van der Waals surface area (Å²) >= 11 is 5.99. The quantitative estimate of drug-likeness (QED) is 0.796. The molecule has 1 aromatic heterocycles. The average Bonchev–Trinajstić information content (AvgIpc) is 2.89. The number of benzene rings is 1. The standard InChI is InChI=1S/C14H18ClN3O2/c1-9-5-13(19-3)14(20-4)6-11(9)7-18-8-12(10(2)15)16-17-18/h5-6,8,10H,7H2,1-4H3. The Labute approximate surface area is 123 Å². The van der Waals surface area contributed by atoms with E-state index in [4.69, 9.17) is 21.1 Å². The lowest BCUT2D eigenvalue weighted by atomic mass is 10.1. The summed E-state index contributed by atoms with van der Waals surface area (Å²) in [6, 6.07) is 3.91. The Morgan fingerprint density at radius 2 is 1.90 bits per heavy atom. The summed E-state index contributed by atoms with van der Waals surface area (Å²) in [5.74, 6) is 1.43. The van der Waals surface area contributed by atoms with Gasteiger partial charge in [-0.1, -0.05) is 5.21 Å². The molecule has 108 valence electrons. The number of halogens is 1. The minimum Gasteiger partial charge on any atom is -0.493 e. The van der Waals surface area contributed by atoms with Gasteiger partial charge in [-0.15, -0.1) is 16.7 Å². The highest BCUT2D eigenvalue weighted by molar-refractivity contribution is 6.20. The lowest BCUT2D eigenvalue weighted by Gasteiger charge is -2.12. The first-order valence-corrected chi connectivity index (χ1v) is 6.74. The summed E-state index contributed by atoms with van der Waals surface area (Å²) in [6.07, 6.45) is 1.85. The van der Waals surface area contributed by atoms with E-state index in [1.165, 1.54) is 0 Å². The van der Waals surface area contributed by atoms with E-state index in [0.717, 1.165) is 22.6 Å². The second kappa shape index (κ2) is 6.13. The van der Waals surface area contributed by atoms with Gasteiger partial charge < -0.3 is 9.47 Å². The lowest BCUT2D eigenvalue weighted by molar-refractivity contribution is 0.354. The van der Waals surface area contributed by atoms with Crippen LogP contribution in [0.15, 0.2) is 18.3 Å². The number of aryl methyl sites for hydroxylation is 1. The summed E-state index contributed by atoms with van der Waals surface area (Å²) in [6.45, 7) is 4.51. The van der Waals surface area contributed by atoms with Crippen molar-refractivity contribution in [2.45, 2.75) is 25.8 Å². The van der Waals surface area contributed by atoms with Gasteiger partial charge in [0.05, 0.1) is 32.3 Å². The molecule has 0 spiro atoms. The highest BCUT2D eigenvalue weighted by Gasteiger charge is 2.11. The number of aromatic nitrogens is 3. The Bertz CT molecular complexity index is 596. The first kappa shape index (κ1) is 14.7. The zero-order valence-electron chi connectivity index (χ0n) is 12.1. The van der Waals surface area contributed by atoms with Crippen LogP contribution in [-0.4, -0.2) is 29.2 Å². The van der Waals surface area contributed by atoms with Gasteiger partial charge in [0.1, 0.15) is 5.69 Å². The fraction of sp³-hybridized carbons (Fsp3) is 0.429. The molecule has 20 heavy (non-hydrogen) atoms. The van der Waals surface area contributed by atoms with E-state index in [1.807, 2.05) is 32.2 Å². The number of methoxy groups -OCH3 is 2. The highest BCUT2D eigenvalue weighted by Crippen LogP contribution is 2.30. The van der Waals surface area contributed by atoms with Gasteiger partial charge in [0.2, 0.25) is 0 Å². The predicted molar refractivity (Wildman–Crippen MR) is 77.7 cm³/mol. The third-order valence-corrected chi connectivity index (χ3v) is 3.36. The number of ether oxygens (including phenoxy) is 2. The number of nitrogens with zero attached hydrogens (tertiary/aromatic N) is 3. The fourth-order valence-corrected chi connectivity index (χ4v) is 2.04. The third kappa shape index (κ3) is 3.04. The molecule has 1 unspecified atom stereocenters. The Hall–Kier alpha value is -1.75. The molecule has 2 rings (SSSR count). The van der Waals surface area contributed by atoms with Crippen molar-refractivity contribution in [1.29, 1.82) is 0 Å². The molecule has 2 aromatic rings. The molecule has 1 atom stereocenters. The van der Waals surface area contributed by atoms with Crippen LogP contribution in [-0.2, 0) is 6.54 Å². The Balaban J connectivity index is 2.28. The molecular formula is C14H18ClN3O2. The largest absolute Gasteiger partial charge is 0.493 e. The van der Waals surface area contributed by atoms with Crippen molar-refractivity contribution in [3.63, 3.8) is 0 Å². The van der Waals surface area contributed by atoms with E-state index >= 15 is 0 Å². The molecule has 0 saturated carbocycles. The van der Waals surface area contributed by atoms with Crippen LogP contribution >= 0.6 is 11.6 Å². The van der Waals surface area contributed by atoms with Gasteiger partial charge >= 0.3 is 0 Å². The average molecular weight is 296 g/mol. The Morgan fingerprint density at radius 3 is 2.45 bits per heavy atom. The van der Waals surface area contributed by atoms with Crippen LogP contribution in [0.1, 0.15) is 29.1 Å². The topological polar surface area (TPSA) is 49.2 Å². The summed E-state index contributed by atoms with van der Waals surface area (Å²) < 4.78 is 12.4. The smallest absolute Gasteiger partial charge is 0.161 e. The molecule has 1 aromatic carbocycles. The number of rotatable bonds is 5. The monoisotopic (exact) mass is 295 g/mol. The molecule has 0 bridgehead atoms. The summed E-state index contributed by atoms with van der Waals surface area (Å²) in [7, 11) is 3.25. The van der Waals surface area contributed by atoms with Crippen LogP contribution in [0.25, 0.3) is 0 Å².